The van der Waals surface area contributed by atoms with E-state index in [-0.39, 0.29) is 11.1 Å². The Balaban J connectivity index is 2.97. The second-order valence-corrected chi connectivity index (χ2v) is 3.91. The summed E-state index contributed by atoms with van der Waals surface area (Å²) in [5, 5.41) is 0.147. The molecule has 0 saturated carbocycles. The Kier molecular flexibility index (Phi) is 4.51. The zero-order valence-electron chi connectivity index (χ0n) is 9.00. The first-order valence-corrected chi connectivity index (χ1v) is 5.33. The molecule has 0 aliphatic carbocycles. The molecule has 0 bridgehead atoms. The number of halogens is 2. The van der Waals surface area contributed by atoms with E-state index in [0.717, 1.165) is 12.1 Å². The molecule has 2 N–H and O–H groups in total. The standard InChI is InChI=1S/C11H16ClFN2/c1-3-15(2)11(7-14)8-4-5-9(12)10(13)6-8/h4-6,11H,3,7,14H2,1-2H3. The van der Waals surface area contributed by atoms with Gasteiger partial charge in [0.15, 0.2) is 0 Å². The first-order chi connectivity index (χ1) is 7.10. The fourth-order valence-electron chi connectivity index (χ4n) is 1.51. The first-order valence-electron chi connectivity index (χ1n) is 4.95. The Morgan fingerprint density at radius 1 is 1.53 bits per heavy atom. The quantitative estimate of drug-likeness (QED) is 0.861. The predicted molar refractivity (Wildman–Crippen MR) is 61.5 cm³/mol. The van der Waals surface area contributed by atoms with Gasteiger partial charge in [-0.05, 0) is 31.3 Å². The summed E-state index contributed by atoms with van der Waals surface area (Å²) in [6.07, 6.45) is 0. The van der Waals surface area contributed by atoms with Crippen LogP contribution in [0.25, 0.3) is 0 Å². The highest BCUT2D eigenvalue weighted by molar-refractivity contribution is 6.30. The third kappa shape index (κ3) is 2.91. The van der Waals surface area contributed by atoms with Crippen molar-refractivity contribution in [3.63, 3.8) is 0 Å². The average Bonchev–Trinajstić information content (AvgIpc) is 2.24. The van der Waals surface area contributed by atoms with Crippen LogP contribution in [-0.4, -0.2) is 25.0 Å². The number of hydrogen-bond donors (Lipinski definition) is 1. The van der Waals surface area contributed by atoms with Crippen LogP contribution < -0.4 is 5.73 Å². The first kappa shape index (κ1) is 12.4. The Morgan fingerprint density at radius 3 is 2.67 bits per heavy atom. The molecule has 1 unspecified atom stereocenters. The molecule has 1 aromatic rings. The summed E-state index contributed by atoms with van der Waals surface area (Å²) >= 11 is 5.62. The van der Waals surface area contributed by atoms with E-state index < -0.39 is 5.82 Å². The highest BCUT2D eigenvalue weighted by atomic mass is 35.5. The van der Waals surface area contributed by atoms with Crippen LogP contribution in [0.15, 0.2) is 18.2 Å². The molecule has 0 aromatic heterocycles. The average molecular weight is 231 g/mol. The predicted octanol–water partition coefficient (Wildman–Crippen LogP) is 2.43. The molecule has 0 fully saturated rings. The number of likely N-dealkylation sites (N-methyl/N-ethyl adjacent to an activating group) is 1. The molecule has 2 nitrogen and oxygen atoms in total. The van der Waals surface area contributed by atoms with Crippen molar-refractivity contribution in [3.8, 4) is 0 Å². The van der Waals surface area contributed by atoms with Gasteiger partial charge >= 0.3 is 0 Å². The minimum Gasteiger partial charge on any atom is -0.329 e. The normalized spacial score (nSPS) is 13.2. The van der Waals surface area contributed by atoms with Crippen LogP contribution in [0, 0.1) is 5.82 Å². The lowest BCUT2D eigenvalue weighted by atomic mass is 10.1. The van der Waals surface area contributed by atoms with E-state index in [1.807, 2.05) is 20.0 Å². The third-order valence-corrected chi connectivity index (χ3v) is 2.89. The third-order valence-electron chi connectivity index (χ3n) is 2.58. The number of nitrogens with two attached hydrogens (primary N) is 1. The minimum atomic E-state index is -0.392. The van der Waals surface area contributed by atoms with E-state index in [1.54, 1.807) is 6.07 Å². The Bertz CT molecular complexity index is 330. The molecular weight excluding hydrogens is 215 g/mol. The molecule has 4 heteroatoms. The van der Waals surface area contributed by atoms with Gasteiger partial charge in [0, 0.05) is 12.6 Å². The Hall–Kier alpha value is -0.640. The van der Waals surface area contributed by atoms with E-state index in [0.29, 0.717) is 6.54 Å². The summed E-state index contributed by atoms with van der Waals surface area (Å²) in [4.78, 5) is 2.07. The van der Waals surface area contributed by atoms with Gasteiger partial charge in [-0.1, -0.05) is 24.6 Å². The maximum Gasteiger partial charge on any atom is 0.142 e. The summed E-state index contributed by atoms with van der Waals surface area (Å²) in [5.41, 5.74) is 6.54. The number of benzene rings is 1. The van der Waals surface area contributed by atoms with Crippen LogP contribution in [0.1, 0.15) is 18.5 Å². The molecule has 0 heterocycles. The highest BCUT2D eigenvalue weighted by Crippen LogP contribution is 2.22. The number of hydrogen-bond acceptors (Lipinski definition) is 2. The van der Waals surface area contributed by atoms with Crippen LogP contribution >= 0.6 is 11.6 Å². The van der Waals surface area contributed by atoms with Gasteiger partial charge in [0.05, 0.1) is 5.02 Å². The van der Waals surface area contributed by atoms with Crippen LogP contribution in [0.2, 0.25) is 5.02 Å². The van der Waals surface area contributed by atoms with Crippen molar-refractivity contribution < 1.29 is 4.39 Å². The van der Waals surface area contributed by atoms with Gasteiger partial charge < -0.3 is 5.73 Å². The monoisotopic (exact) mass is 230 g/mol. The lowest BCUT2D eigenvalue weighted by molar-refractivity contribution is 0.263. The molecule has 1 aromatic carbocycles. The Morgan fingerprint density at radius 2 is 2.20 bits per heavy atom. The van der Waals surface area contributed by atoms with Gasteiger partial charge in [0.25, 0.3) is 0 Å². The van der Waals surface area contributed by atoms with Gasteiger partial charge in [-0.2, -0.15) is 0 Å². The number of rotatable bonds is 4. The summed E-state index contributed by atoms with van der Waals surface area (Å²) < 4.78 is 13.3. The molecule has 0 aliphatic rings. The van der Waals surface area contributed by atoms with Crippen molar-refractivity contribution in [1.29, 1.82) is 0 Å². The fraction of sp³-hybridized carbons (Fsp3) is 0.455. The molecule has 0 aliphatic heterocycles. The summed E-state index contributed by atoms with van der Waals surface area (Å²) in [6.45, 7) is 3.37. The fourth-order valence-corrected chi connectivity index (χ4v) is 1.63. The van der Waals surface area contributed by atoms with Crippen molar-refractivity contribution in [1.82, 2.24) is 4.90 Å². The van der Waals surface area contributed by atoms with E-state index in [9.17, 15) is 4.39 Å². The molecule has 1 rings (SSSR count). The highest BCUT2D eigenvalue weighted by Gasteiger charge is 2.15. The molecule has 0 saturated heterocycles. The lowest BCUT2D eigenvalue weighted by Crippen LogP contribution is -2.30. The molecule has 0 amide bonds. The van der Waals surface area contributed by atoms with Gasteiger partial charge in [0.1, 0.15) is 5.82 Å². The van der Waals surface area contributed by atoms with Crippen LogP contribution in [0.5, 0.6) is 0 Å². The molecule has 15 heavy (non-hydrogen) atoms. The van der Waals surface area contributed by atoms with Gasteiger partial charge in [-0.15, -0.1) is 0 Å². The van der Waals surface area contributed by atoms with E-state index in [2.05, 4.69) is 4.90 Å². The summed E-state index contributed by atoms with van der Waals surface area (Å²) in [6, 6.07) is 4.88. The van der Waals surface area contributed by atoms with Crippen molar-refractivity contribution in [3.05, 3.63) is 34.6 Å². The summed E-state index contributed by atoms with van der Waals surface area (Å²) in [5.74, 6) is -0.392. The maximum atomic E-state index is 13.3. The number of nitrogens with zero attached hydrogens (tertiary/aromatic N) is 1. The largest absolute Gasteiger partial charge is 0.329 e. The zero-order valence-corrected chi connectivity index (χ0v) is 9.76. The van der Waals surface area contributed by atoms with Crippen LogP contribution in [-0.2, 0) is 0 Å². The van der Waals surface area contributed by atoms with Crippen LogP contribution in [0.3, 0.4) is 0 Å². The van der Waals surface area contributed by atoms with Crippen molar-refractivity contribution >= 4 is 11.6 Å². The Labute approximate surface area is 94.8 Å². The second kappa shape index (κ2) is 5.45. The summed E-state index contributed by atoms with van der Waals surface area (Å²) in [7, 11) is 1.96. The maximum absolute atomic E-state index is 13.3. The van der Waals surface area contributed by atoms with E-state index >= 15 is 0 Å². The van der Waals surface area contributed by atoms with Crippen molar-refractivity contribution in [2.24, 2.45) is 5.73 Å². The zero-order chi connectivity index (χ0) is 11.4. The smallest absolute Gasteiger partial charge is 0.142 e. The van der Waals surface area contributed by atoms with Gasteiger partial charge in [-0.25, -0.2) is 4.39 Å². The molecule has 84 valence electrons. The second-order valence-electron chi connectivity index (χ2n) is 3.50. The molecular formula is C11H16ClFN2. The van der Waals surface area contributed by atoms with Crippen molar-refractivity contribution in [2.75, 3.05) is 20.1 Å². The SMILES string of the molecule is CCN(C)C(CN)c1ccc(Cl)c(F)c1. The van der Waals surface area contributed by atoms with E-state index in [4.69, 9.17) is 17.3 Å². The molecule has 0 radical (unpaired) electrons. The van der Waals surface area contributed by atoms with Crippen molar-refractivity contribution in [2.45, 2.75) is 13.0 Å². The van der Waals surface area contributed by atoms with Crippen LogP contribution in [0.4, 0.5) is 4.39 Å². The lowest BCUT2D eigenvalue weighted by Gasteiger charge is -2.26. The molecule has 0 spiro atoms. The minimum absolute atomic E-state index is 0.0433. The molecule has 1 atom stereocenters. The topological polar surface area (TPSA) is 29.3 Å². The van der Waals surface area contributed by atoms with Gasteiger partial charge in [0.2, 0.25) is 0 Å². The van der Waals surface area contributed by atoms with Gasteiger partial charge in [-0.3, -0.25) is 4.90 Å². The van der Waals surface area contributed by atoms with E-state index in [1.165, 1.54) is 6.07 Å².